The van der Waals surface area contributed by atoms with Crippen LogP contribution in [0.15, 0.2) is 12.2 Å². The van der Waals surface area contributed by atoms with Gasteiger partial charge >= 0.3 is 23.9 Å². The van der Waals surface area contributed by atoms with Gasteiger partial charge in [-0.2, -0.15) is 0 Å². The quantitative estimate of drug-likeness (QED) is 0.286. The van der Waals surface area contributed by atoms with Gasteiger partial charge < -0.3 is 18.9 Å². The van der Waals surface area contributed by atoms with Crippen molar-refractivity contribution in [3.05, 3.63) is 12.2 Å². The monoisotopic (exact) mass is 436 g/mol. The number of esters is 4. The Hall–Kier alpha value is -2.38. The number of fused-ring (bicyclic) bond motifs is 3. The molecule has 8 nitrogen and oxygen atoms in total. The molecule has 0 amide bonds. The lowest BCUT2D eigenvalue weighted by atomic mass is 9.47. The third-order valence-corrected chi connectivity index (χ3v) is 8.23. The molecule has 3 rings (SSSR count). The lowest BCUT2D eigenvalue weighted by Crippen LogP contribution is -2.56. The number of carbonyl (C=O) groups excluding carboxylic acids is 4. The van der Waals surface area contributed by atoms with Gasteiger partial charge in [-0.05, 0) is 61.7 Å². The summed E-state index contributed by atoms with van der Waals surface area (Å²) in [4.78, 5) is 50.4. The molecule has 0 heterocycles. The Labute approximate surface area is 182 Å². The minimum absolute atomic E-state index is 0.00282. The Balaban J connectivity index is 1.93. The van der Waals surface area contributed by atoms with Crippen molar-refractivity contribution in [3.63, 3.8) is 0 Å². The fourth-order valence-electron chi connectivity index (χ4n) is 6.38. The molecular weight excluding hydrogens is 404 g/mol. The van der Waals surface area contributed by atoms with Gasteiger partial charge in [0.15, 0.2) is 10.8 Å². The molecule has 0 spiro atoms. The van der Waals surface area contributed by atoms with E-state index in [0.717, 1.165) is 0 Å². The molecule has 3 aliphatic carbocycles. The van der Waals surface area contributed by atoms with Crippen molar-refractivity contribution < 1.29 is 38.1 Å². The third kappa shape index (κ3) is 3.34. The lowest BCUT2D eigenvalue weighted by Gasteiger charge is -2.57. The Kier molecular flexibility index (Phi) is 6.22. The Morgan fingerprint density at radius 1 is 0.710 bits per heavy atom. The van der Waals surface area contributed by atoms with Crippen LogP contribution in [-0.4, -0.2) is 52.3 Å². The summed E-state index contributed by atoms with van der Waals surface area (Å²) in [5.74, 6) is -2.05. The number of methoxy groups -OCH3 is 4. The van der Waals surface area contributed by atoms with Gasteiger partial charge in [-0.15, -0.1) is 0 Å². The second-order valence-corrected chi connectivity index (χ2v) is 9.35. The standard InChI is InChI=1S/C23H32O8/c1-21-10-11-23(19(26)30-4,20(27)31-5)13-15(21)7-6-14-12-22(17(24)28-2,18(25)29-3)9-8-16(14)21/h6-7,14-16H,8-13H2,1-5H3/t14-,15+,16-,21-/m1/s1. The first-order valence-corrected chi connectivity index (χ1v) is 10.7. The molecule has 0 saturated heterocycles. The molecule has 3 aliphatic rings. The van der Waals surface area contributed by atoms with Crippen LogP contribution in [0.3, 0.4) is 0 Å². The molecule has 0 aromatic heterocycles. The molecule has 0 aromatic rings. The van der Waals surface area contributed by atoms with Crippen LogP contribution in [-0.2, 0) is 38.1 Å². The van der Waals surface area contributed by atoms with E-state index in [1.54, 1.807) is 0 Å². The van der Waals surface area contributed by atoms with E-state index in [-0.39, 0.29) is 23.2 Å². The summed E-state index contributed by atoms with van der Waals surface area (Å²) in [5, 5.41) is 0. The molecule has 0 aliphatic heterocycles. The average Bonchev–Trinajstić information content (AvgIpc) is 2.80. The van der Waals surface area contributed by atoms with E-state index in [1.807, 2.05) is 12.2 Å². The van der Waals surface area contributed by atoms with Crippen molar-refractivity contribution in [2.24, 2.45) is 34.0 Å². The minimum atomic E-state index is -1.30. The smallest absolute Gasteiger partial charge is 0.323 e. The van der Waals surface area contributed by atoms with E-state index in [0.29, 0.717) is 38.5 Å². The van der Waals surface area contributed by atoms with Gasteiger partial charge in [-0.25, -0.2) is 0 Å². The first kappa shape index (κ1) is 23.3. The summed E-state index contributed by atoms with van der Waals surface area (Å²) in [6, 6.07) is 0. The van der Waals surface area contributed by atoms with Gasteiger partial charge in [-0.3, -0.25) is 19.2 Å². The molecule has 0 unspecified atom stereocenters. The van der Waals surface area contributed by atoms with Gasteiger partial charge in [0.1, 0.15) is 0 Å². The highest BCUT2D eigenvalue weighted by molar-refractivity contribution is 6.01. The summed E-state index contributed by atoms with van der Waals surface area (Å²) in [6.07, 6.45) is 6.69. The Morgan fingerprint density at radius 2 is 1.19 bits per heavy atom. The van der Waals surface area contributed by atoms with Crippen molar-refractivity contribution >= 4 is 23.9 Å². The van der Waals surface area contributed by atoms with Crippen molar-refractivity contribution in [1.29, 1.82) is 0 Å². The molecule has 0 N–H and O–H groups in total. The minimum Gasteiger partial charge on any atom is -0.468 e. The van der Waals surface area contributed by atoms with E-state index < -0.39 is 34.7 Å². The van der Waals surface area contributed by atoms with Crippen molar-refractivity contribution in [1.82, 2.24) is 0 Å². The molecule has 0 bridgehead atoms. The normalized spacial score (nSPS) is 32.6. The largest absolute Gasteiger partial charge is 0.468 e. The highest BCUT2D eigenvalue weighted by Gasteiger charge is 2.62. The summed E-state index contributed by atoms with van der Waals surface area (Å²) in [6.45, 7) is 2.18. The van der Waals surface area contributed by atoms with Crippen LogP contribution in [0.2, 0.25) is 0 Å². The van der Waals surface area contributed by atoms with Crippen LogP contribution < -0.4 is 0 Å². The number of ether oxygens (including phenoxy) is 4. The van der Waals surface area contributed by atoms with Crippen molar-refractivity contribution in [3.8, 4) is 0 Å². The molecule has 8 heteroatoms. The molecule has 0 aromatic carbocycles. The highest BCUT2D eigenvalue weighted by Crippen LogP contribution is 2.62. The predicted octanol–water partition coefficient (Wildman–Crippen LogP) is 2.44. The molecule has 172 valence electrons. The van der Waals surface area contributed by atoms with Gasteiger partial charge in [0.05, 0.1) is 28.4 Å². The molecule has 2 fully saturated rings. The molecule has 31 heavy (non-hydrogen) atoms. The van der Waals surface area contributed by atoms with E-state index in [1.165, 1.54) is 28.4 Å². The molecule has 4 atom stereocenters. The number of carbonyl (C=O) groups is 4. The first-order valence-electron chi connectivity index (χ1n) is 10.7. The summed E-state index contributed by atoms with van der Waals surface area (Å²) in [5.41, 5.74) is -2.78. The zero-order valence-corrected chi connectivity index (χ0v) is 18.9. The molecule has 0 radical (unpaired) electrons. The van der Waals surface area contributed by atoms with Crippen LogP contribution in [0.1, 0.15) is 45.4 Å². The maximum absolute atomic E-state index is 12.6. The zero-order chi connectivity index (χ0) is 23.0. The van der Waals surface area contributed by atoms with Crippen LogP contribution >= 0.6 is 0 Å². The first-order chi connectivity index (χ1) is 14.6. The fraction of sp³-hybridized carbons (Fsp3) is 0.739. The average molecular weight is 437 g/mol. The fourth-order valence-corrected chi connectivity index (χ4v) is 6.38. The molecule has 2 saturated carbocycles. The van der Waals surface area contributed by atoms with E-state index in [9.17, 15) is 19.2 Å². The van der Waals surface area contributed by atoms with Crippen molar-refractivity contribution in [2.75, 3.05) is 28.4 Å². The van der Waals surface area contributed by atoms with Crippen LogP contribution in [0.5, 0.6) is 0 Å². The van der Waals surface area contributed by atoms with Gasteiger partial charge in [-0.1, -0.05) is 19.1 Å². The maximum atomic E-state index is 12.6. The second kappa shape index (κ2) is 8.28. The third-order valence-electron chi connectivity index (χ3n) is 8.23. The van der Waals surface area contributed by atoms with Crippen LogP contribution in [0.25, 0.3) is 0 Å². The van der Waals surface area contributed by atoms with Gasteiger partial charge in [0.25, 0.3) is 0 Å². The van der Waals surface area contributed by atoms with E-state index in [2.05, 4.69) is 6.92 Å². The lowest BCUT2D eigenvalue weighted by molar-refractivity contribution is -0.182. The number of rotatable bonds is 4. The maximum Gasteiger partial charge on any atom is 0.323 e. The molecular formula is C23H32O8. The van der Waals surface area contributed by atoms with Crippen LogP contribution in [0, 0.1) is 34.0 Å². The summed E-state index contributed by atoms with van der Waals surface area (Å²) >= 11 is 0. The number of hydrogen-bond acceptors (Lipinski definition) is 8. The van der Waals surface area contributed by atoms with Crippen molar-refractivity contribution in [2.45, 2.75) is 45.4 Å². The number of allylic oxidation sites excluding steroid dienone is 2. The second-order valence-electron chi connectivity index (χ2n) is 9.35. The predicted molar refractivity (Wildman–Crippen MR) is 108 cm³/mol. The summed E-state index contributed by atoms with van der Waals surface area (Å²) in [7, 11) is 5.14. The number of hydrogen-bond donors (Lipinski definition) is 0. The Morgan fingerprint density at radius 3 is 1.68 bits per heavy atom. The van der Waals surface area contributed by atoms with Gasteiger partial charge in [0, 0.05) is 0 Å². The van der Waals surface area contributed by atoms with Gasteiger partial charge in [0.2, 0.25) is 0 Å². The SMILES string of the molecule is COC(=O)C1(C(=O)OC)CC[C@@H]2[C@H](C=C[C@H]3CC(C(=O)OC)(C(=O)OC)CC[C@@]23C)C1. The Bertz CT molecular complexity index is 767. The van der Waals surface area contributed by atoms with Crippen LogP contribution in [0.4, 0.5) is 0 Å². The van der Waals surface area contributed by atoms with E-state index >= 15 is 0 Å². The zero-order valence-electron chi connectivity index (χ0n) is 18.9. The topological polar surface area (TPSA) is 105 Å². The van der Waals surface area contributed by atoms with E-state index in [4.69, 9.17) is 18.9 Å². The summed E-state index contributed by atoms with van der Waals surface area (Å²) < 4.78 is 19.9. The highest BCUT2D eigenvalue weighted by atomic mass is 16.6.